The molecule has 0 spiro atoms. The number of carbonyl (C=O) groups excluding carboxylic acids is 1. The standard InChI is InChI=1S/C13H8N2O2S.C7H5F3N2O/c16-13(17)11-2-1-8-5-14-6-10(12(8)15-11)9-3-4-18-7-9;8-7(9,10)5-2-1-4(3-12-5)6(11)13/h1-7H,(H,16,17);1-3H,(H2,11,13). The minimum absolute atomic E-state index is 0.0465. The zero-order valence-electron chi connectivity index (χ0n) is 15.5. The third-order valence-electron chi connectivity index (χ3n) is 3.99. The lowest BCUT2D eigenvalue weighted by atomic mass is 10.1. The first-order valence-electron chi connectivity index (χ1n) is 8.50. The molecule has 0 aliphatic heterocycles. The number of pyridine rings is 3. The average Bonchev–Trinajstić information content (AvgIpc) is 3.27. The van der Waals surface area contributed by atoms with E-state index in [1.54, 1.807) is 29.8 Å². The van der Waals surface area contributed by atoms with E-state index in [-0.39, 0.29) is 11.3 Å². The van der Waals surface area contributed by atoms with Gasteiger partial charge in [-0.3, -0.25) is 14.8 Å². The fourth-order valence-electron chi connectivity index (χ4n) is 2.50. The Labute approximate surface area is 177 Å². The highest BCUT2D eigenvalue weighted by Crippen LogP contribution is 2.28. The van der Waals surface area contributed by atoms with Gasteiger partial charge >= 0.3 is 12.1 Å². The van der Waals surface area contributed by atoms with Gasteiger partial charge in [0, 0.05) is 29.5 Å². The van der Waals surface area contributed by atoms with Crippen LogP contribution in [0.25, 0.3) is 22.0 Å². The highest BCUT2D eigenvalue weighted by molar-refractivity contribution is 7.08. The number of alkyl halides is 3. The van der Waals surface area contributed by atoms with Gasteiger partial charge in [-0.1, -0.05) is 0 Å². The average molecular weight is 446 g/mol. The highest BCUT2D eigenvalue weighted by Gasteiger charge is 2.32. The summed E-state index contributed by atoms with van der Waals surface area (Å²) >= 11 is 1.58. The fraction of sp³-hybridized carbons (Fsp3) is 0.0500. The van der Waals surface area contributed by atoms with E-state index in [0.717, 1.165) is 28.8 Å². The number of primary amides is 1. The summed E-state index contributed by atoms with van der Waals surface area (Å²) in [6.45, 7) is 0. The molecule has 0 saturated carbocycles. The van der Waals surface area contributed by atoms with Gasteiger partial charge in [-0.15, -0.1) is 0 Å². The van der Waals surface area contributed by atoms with Crippen LogP contribution in [0.3, 0.4) is 0 Å². The van der Waals surface area contributed by atoms with Crippen molar-refractivity contribution in [1.29, 1.82) is 0 Å². The van der Waals surface area contributed by atoms with Crippen molar-refractivity contribution in [2.24, 2.45) is 5.73 Å². The number of hydrogen-bond acceptors (Lipinski definition) is 6. The zero-order valence-corrected chi connectivity index (χ0v) is 16.3. The Morgan fingerprint density at radius 3 is 2.35 bits per heavy atom. The second-order valence-corrected chi connectivity index (χ2v) is 6.85. The molecule has 0 fully saturated rings. The first-order chi connectivity index (χ1) is 14.7. The van der Waals surface area contributed by atoms with Crippen LogP contribution in [-0.2, 0) is 6.18 Å². The fourth-order valence-corrected chi connectivity index (χ4v) is 3.15. The largest absolute Gasteiger partial charge is 0.477 e. The molecule has 1 amide bonds. The number of fused-ring (bicyclic) bond motifs is 1. The van der Waals surface area contributed by atoms with Crippen LogP contribution in [0.5, 0.6) is 0 Å². The third-order valence-corrected chi connectivity index (χ3v) is 4.67. The summed E-state index contributed by atoms with van der Waals surface area (Å²) in [4.78, 5) is 32.8. The van der Waals surface area contributed by atoms with E-state index in [9.17, 15) is 22.8 Å². The lowest BCUT2D eigenvalue weighted by Gasteiger charge is -2.04. The molecule has 4 aromatic rings. The molecule has 7 nitrogen and oxygen atoms in total. The van der Waals surface area contributed by atoms with E-state index in [1.807, 2.05) is 16.8 Å². The maximum Gasteiger partial charge on any atom is 0.433 e. The van der Waals surface area contributed by atoms with Gasteiger partial charge in [0.25, 0.3) is 0 Å². The molecule has 0 atom stereocenters. The number of carbonyl (C=O) groups is 2. The van der Waals surface area contributed by atoms with E-state index in [4.69, 9.17) is 10.8 Å². The number of hydrogen-bond donors (Lipinski definition) is 2. The number of nitrogens with two attached hydrogens (primary N) is 1. The van der Waals surface area contributed by atoms with Gasteiger partial charge < -0.3 is 10.8 Å². The predicted octanol–water partition coefficient (Wildman–Crippen LogP) is 4.26. The number of thiophene rings is 1. The molecule has 4 rings (SSSR count). The zero-order chi connectivity index (χ0) is 22.6. The summed E-state index contributed by atoms with van der Waals surface area (Å²) in [5.74, 6) is -1.83. The normalized spacial score (nSPS) is 10.9. The molecule has 0 saturated heterocycles. The SMILES string of the molecule is NC(=O)c1ccc(C(F)(F)F)nc1.O=C(O)c1ccc2cncc(-c3ccsc3)c2n1. The molecule has 4 aromatic heterocycles. The van der Waals surface area contributed by atoms with Crippen molar-refractivity contribution in [3.8, 4) is 11.1 Å². The molecule has 31 heavy (non-hydrogen) atoms. The molecule has 0 aliphatic rings. The van der Waals surface area contributed by atoms with Crippen molar-refractivity contribution >= 4 is 34.1 Å². The minimum atomic E-state index is -4.49. The molecular weight excluding hydrogens is 433 g/mol. The van der Waals surface area contributed by atoms with Gasteiger partial charge in [0.2, 0.25) is 5.91 Å². The first-order valence-corrected chi connectivity index (χ1v) is 9.45. The highest BCUT2D eigenvalue weighted by atomic mass is 32.1. The van der Waals surface area contributed by atoms with Crippen molar-refractivity contribution in [1.82, 2.24) is 15.0 Å². The Kier molecular flexibility index (Phi) is 6.25. The molecule has 3 N–H and O–H groups in total. The second kappa shape index (κ2) is 8.88. The Balaban J connectivity index is 0.000000187. The number of aromatic nitrogens is 3. The summed E-state index contributed by atoms with van der Waals surface area (Å²) in [5.41, 5.74) is 6.30. The lowest BCUT2D eigenvalue weighted by molar-refractivity contribution is -0.141. The number of nitrogens with zero attached hydrogens (tertiary/aromatic N) is 3. The molecule has 0 aromatic carbocycles. The van der Waals surface area contributed by atoms with Crippen LogP contribution in [-0.4, -0.2) is 31.9 Å². The number of aromatic carboxylic acids is 1. The van der Waals surface area contributed by atoms with E-state index in [1.165, 1.54) is 6.07 Å². The van der Waals surface area contributed by atoms with Crippen LogP contribution in [0.2, 0.25) is 0 Å². The second-order valence-electron chi connectivity index (χ2n) is 6.07. The Morgan fingerprint density at radius 1 is 1.03 bits per heavy atom. The summed E-state index contributed by atoms with van der Waals surface area (Å²) in [6.07, 6.45) is -0.297. The van der Waals surface area contributed by atoms with Crippen LogP contribution >= 0.6 is 11.3 Å². The number of halogens is 3. The Morgan fingerprint density at radius 2 is 1.81 bits per heavy atom. The Bertz CT molecular complexity index is 1230. The van der Waals surface area contributed by atoms with E-state index >= 15 is 0 Å². The van der Waals surface area contributed by atoms with Gasteiger partial charge in [-0.2, -0.15) is 24.5 Å². The van der Waals surface area contributed by atoms with Gasteiger partial charge in [0.1, 0.15) is 11.4 Å². The van der Waals surface area contributed by atoms with Crippen LogP contribution in [0.15, 0.2) is 59.7 Å². The monoisotopic (exact) mass is 446 g/mol. The van der Waals surface area contributed by atoms with Gasteiger partial charge in [-0.25, -0.2) is 9.78 Å². The lowest BCUT2D eigenvalue weighted by Crippen LogP contribution is -2.13. The van der Waals surface area contributed by atoms with Crippen molar-refractivity contribution in [2.75, 3.05) is 0 Å². The molecular formula is C20H13F3N4O3S. The summed E-state index contributed by atoms with van der Waals surface area (Å²) < 4.78 is 35.8. The van der Waals surface area contributed by atoms with E-state index in [0.29, 0.717) is 11.6 Å². The van der Waals surface area contributed by atoms with Crippen LogP contribution < -0.4 is 5.73 Å². The topological polar surface area (TPSA) is 119 Å². The van der Waals surface area contributed by atoms with Crippen molar-refractivity contribution < 1.29 is 27.9 Å². The summed E-state index contributed by atoms with van der Waals surface area (Å²) in [5, 5.41) is 13.8. The van der Waals surface area contributed by atoms with Crippen LogP contribution in [0.4, 0.5) is 13.2 Å². The third kappa shape index (κ3) is 5.20. The molecule has 0 radical (unpaired) electrons. The minimum Gasteiger partial charge on any atom is -0.477 e. The number of amides is 1. The van der Waals surface area contributed by atoms with Gasteiger partial charge in [-0.05, 0) is 46.7 Å². The smallest absolute Gasteiger partial charge is 0.433 e. The van der Waals surface area contributed by atoms with E-state index in [2.05, 4.69) is 15.0 Å². The molecule has 4 heterocycles. The van der Waals surface area contributed by atoms with Crippen molar-refractivity contribution in [2.45, 2.75) is 6.18 Å². The molecule has 158 valence electrons. The molecule has 11 heteroatoms. The molecule has 0 unspecified atom stereocenters. The molecule has 0 bridgehead atoms. The predicted molar refractivity (Wildman–Crippen MR) is 108 cm³/mol. The maximum absolute atomic E-state index is 11.9. The van der Waals surface area contributed by atoms with Gasteiger partial charge in [0.15, 0.2) is 0 Å². The summed E-state index contributed by atoms with van der Waals surface area (Å²) in [6, 6.07) is 6.88. The maximum atomic E-state index is 11.9. The number of carboxylic acid groups (broad SMARTS) is 1. The molecule has 0 aliphatic carbocycles. The van der Waals surface area contributed by atoms with Crippen LogP contribution in [0.1, 0.15) is 26.5 Å². The summed E-state index contributed by atoms with van der Waals surface area (Å²) in [7, 11) is 0. The Hall–Kier alpha value is -3.86. The van der Waals surface area contributed by atoms with Crippen molar-refractivity contribution in [3.05, 3.63) is 76.6 Å². The van der Waals surface area contributed by atoms with E-state index < -0.39 is 23.7 Å². The number of carboxylic acids is 1. The van der Waals surface area contributed by atoms with Crippen molar-refractivity contribution in [3.63, 3.8) is 0 Å². The van der Waals surface area contributed by atoms with Crippen LogP contribution in [0, 0.1) is 0 Å². The number of rotatable bonds is 3. The first kappa shape index (κ1) is 21.8. The quantitative estimate of drug-likeness (QED) is 0.485. The van der Waals surface area contributed by atoms with Gasteiger partial charge in [0.05, 0.1) is 11.1 Å².